The van der Waals surface area contributed by atoms with Crippen molar-refractivity contribution in [2.45, 2.75) is 6.92 Å². The van der Waals surface area contributed by atoms with Crippen molar-refractivity contribution in [3.8, 4) is 22.6 Å². The van der Waals surface area contributed by atoms with Crippen LogP contribution in [0.5, 0.6) is 11.5 Å². The molecule has 1 aromatic heterocycles. The number of H-pyrrole nitrogens is 1. The number of aromatic amines is 1. The van der Waals surface area contributed by atoms with Gasteiger partial charge in [0.2, 0.25) is 5.78 Å². The summed E-state index contributed by atoms with van der Waals surface area (Å²) in [5.74, 6) is -2.20. The number of para-hydroxylation sites is 1. The Morgan fingerprint density at radius 3 is 2.17 bits per heavy atom. The molecule has 7 N–H and O–H groups in total. The summed E-state index contributed by atoms with van der Waals surface area (Å²) in [6, 6.07) is 17.9. The molecule has 5 aromatic rings. The number of benzene rings is 4. The largest absolute Gasteiger partial charge is 0.494 e. The van der Waals surface area contributed by atoms with Gasteiger partial charge in [-0.3, -0.25) is 25.0 Å². The highest BCUT2D eigenvalue weighted by molar-refractivity contribution is 7.91. The lowest BCUT2D eigenvalue weighted by molar-refractivity contribution is -0.134. The van der Waals surface area contributed by atoms with Crippen LogP contribution in [-0.4, -0.2) is 76.7 Å². The second kappa shape index (κ2) is 15.4. The number of hydrazone groups is 2. The van der Waals surface area contributed by atoms with Crippen LogP contribution in [0, 0.1) is 0 Å². The molecule has 7 rings (SSSR count). The first kappa shape index (κ1) is 38.4. The summed E-state index contributed by atoms with van der Waals surface area (Å²) in [7, 11) is -2.17. The summed E-state index contributed by atoms with van der Waals surface area (Å²) in [5.41, 5.74) is 14.8. The van der Waals surface area contributed by atoms with Crippen LogP contribution in [0.2, 0.25) is 0 Å². The van der Waals surface area contributed by atoms with Crippen LogP contribution in [0.25, 0.3) is 28.2 Å². The van der Waals surface area contributed by atoms with Crippen molar-refractivity contribution in [2.75, 3.05) is 30.8 Å². The Balaban J connectivity index is 1.16. The number of aromatic nitrogens is 3. The number of carbonyl (C=O) groups is 3. The summed E-state index contributed by atoms with van der Waals surface area (Å²) >= 11 is 0. The van der Waals surface area contributed by atoms with Crippen LogP contribution < -0.4 is 26.1 Å². The molecule has 0 fully saturated rings. The van der Waals surface area contributed by atoms with E-state index >= 15 is 0 Å². The Bertz CT molecular complexity index is 2890. The zero-order chi connectivity index (χ0) is 41.3. The number of aliphatic carboxylic acids is 1. The van der Waals surface area contributed by atoms with Gasteiger partial charge < -0.3 is 20.3 Å². The van der Waals surface area contributed by atoms with Crippen LogP contribution in [0.3, 0.4) is 0 Å². The fourth-order valence-electron chi connectivity index (χ4n) is 5.98. The third-order valence-corrected chi connectivity index (χ3v) is 9.80. The number of fused-ring (bicyclic) bond motifs is 2. The first-order valence-electron chi connectivity index (χ1n) is 16.9. The van der Waals surface area contributed by atoms with E-state index in [2.05, 4.69) is 46.7 Å². The van der Waals surface area contributed by atoms with Crippen molar-refractivity contribution < 1.29 is 41.9 Å². The minimum absolute atomic E-state index is 0.000229. The number of methoxy groups -OCH3 is 2. The zero-order valence-corrected chi connectivity index (χ0v) is 31.3. The Morgan fingerprint density at radius 2 is 1.53 bits per heavy atom. The van der Waals surface area contributed by atoms with Gasteiger partial charge in [-0.25, -0.2) is 4.79 Å². The quantitative estimate of drug-likeness (QED) is 0.0228. The summed E-state index contributed by atoms with van der Waals surface area (Å²) < 4.78 is 46.8. The fraction of sp³-hybridized carbons (Fsp3) is 0.0789. The Kier molecular flexibility index (Phi) is 10.2. The molecule has 0 aliphatic heterocycles. The first-order chi connectivity index (χ1) is 27.8. The zero-order valence-electron chi connectivity index (χ0n) is 30.5. The van der Waals surface area contributed by atoms with Crippen LogP contribution >= 0.6 is 0 Å². The molecule has 0 unspecified atom stereocenters. The normalized spacial score (nSPS) is 15.6. The SMILES string of the molecule is COc1cc(-c2ccc(N/N=C3\C(=O)c4ccc(N)c(N=Nc5cccc6n[nH]nc56)c4C=C3S(=O)(=O)O)c(OC)c2)ccc1N/N=C1/C=C(C(=O)O)C(=O)C=C1C. The maximum Gasteiger partial charge on any atom is 0.339 e. The second-order valence-electron chi connectivity index (χ2n) is 12.5. The number of carboxylic acids is 1. The van der Waals surface area contributed by atoms with Gasteiger partial charge >= 0.3 is 5.97 Å². The number of ketones is 2. The van der Waals surface area contributed by atoms with Gasteiger partial charge in [-0.2, -0.15) is 34.0 Å². The predicted octanol–water partition coefficient (Wildman–Crippen LogP) is 5.84. The lowest BCUT2D eigenvalue weighted by Gasteiger charge is -2.18. The topological polar surface area (TPSA) is 285 Å². The molecular formula is C38H30N10O9S. The summed E-state index contributed by atoms with van der Waals surface area (Å²) in [4.78, 5) is 36.5. The average molecular weight is 803 g/mol. The van der Waals surface area contributed by atoms with Crippen molar-refractivity contribution in [3.63, 3.8) is 0 Å². The fourth-order valence-corrected chi connectivity index (χ4v) is 6.63. The highest BCUT2D eigenvalue weighted by Crippen LogP contribution is 2.39. The highest BCUT2D eigenvalue weighted by Gasteiger charge is 2.35. The molecule has 1 heterocycles. The average Bonchev–Trinajstić information content (AvgIpc) is 3.69. The molecule has 0 radical (unpaired) electrons. The molecule has 19 nitrogen and oxygen atoms in total. The summed E-state index contributed by atoms with van der Waals surface area (Å²) in [6.45, 7) is 1.63. The van der Waals surface area contributed by atoms with E-state index < -0.39 is 43.8 Å². The van der Waals surface area contributed by atoms with Crippen molar-refractivity contribution in [1.82, 2.24) is 15.4 Å². The number of ether oxygens (including phenoxy) is 2. The van der Waals surface area contributed by atoms with Gasteiger partial charge in [0, 0.05) is 11.1 Å². The van der Waals surface area contributed by atoms with Crippen molar-refractivity contribution in [2.24, 2.45) is 20.4 Å². The van der Waals surface area contributed by atoms with E-state index in [0.29, 0.717) is 44.9 Å². The molecule has 20 heteroatoms. The number of nitrogen functional groups attached to an aromatic ring is 1. The van der Waals surface area contributed by atoms with Crippen LogP contribution in [0.1, 0.15) is 22.8 Å². The van der Waals surface area contributed by atoms with E-state index in [1.807, 2.05) is 0 Å². The monoisotopic (exact) mass is 802 g/mol. The maximum absolute atomic E-state index is 13.8. The van der Waals surface area contributed by atoms with Gasteiger partial charge in [0.05, 0.1) is 37.0 Å². The van der Waals surface area contributed by atoms with Gasteiger partial charge in [-0.1, -0.05) is 18.2 Å². The van der Waals surface area contributed by atoms with Crippen molar-refractivity contribution in [3.05, 3.63) is 106 Å². The van der Waals surface area contributed by atoms with E-state index in [1.54, 1.807) is 61.5 Å². The smallest absolute Gasteiger partial charge is 0.339 e. The Morgan fingerprint density at radius 1 is 0.862 bits per heavy atom. The molecule has 0 atom stereocenters. The molecule has 58 heavy (non-hydrogen) atoms. The van der Waals surface area contributed by atoms with Crippen molar-refractivity contribution >= 4 is 84.6 Å². The van der Waals surface area contributed by atoms with Gasteiger partial charge in [-0.05, 0) is 90.4 Å². The van der Waals surface area contributed by atoms with Crippen molar-refractivity contribution in [1.29, 1.82) is 0 Å². The Labute approximate surface area is 328 Å². The summed E-state index contributed by atoms with van der Waals surface area (Å²) in [6.07, 6.45) is 3.43. The highest BCUT2D eigenvalue weighted by atomic mass is 32.2. The van der Waals surface area contributed by atoms with Crippen LogP contribution in [-0.2, 0) is 19.7 Å². The number of allylic oxidation sites excluding steroid dienone is 4. The van der Waals surface area contributed by atoms with Gasteiger partial charge in [0.25, 0.3) is 10.1 Å². The van der Waals surface area contributed by atoms with E-state index in [0.717, 1.165) is 6.08 Å². The minimum atomic E-state index is -5.03. The standard InChI is InChI=1S/C38H30N10O9S/c1-18-13-30(49)23(38(51)52)16-29(18)43-40-25-11-7-19(14-31(25)56-2)20-8-12-26(32(15-20)57-3)41-46-36-33(58(53,54)55)17-22-21(37(36)50)9-10-24(39)34(22)45-42-27-5-4-6-28-35(27)47-48-44-28/h4-17,40-41H,39H2,1-3H3,(H,51,52)(H,44,47,48)(H,53,54,55)/b43-29-,45-42?,46-36-. The molecule has 0 saturated heterocycles. The molecule has 2 aliphatic rings. The number of anilines is 3. The van der Waals surface area contributed by atoms with Crippen LogP contribution in [0.4, 0.5) is 28.4 Å². The van der Waals surface area contributed by atoms with Gasteiger partial charge in [0.1, 0.15) is 44.4 Å². The van der Waals surface area contributed by atoms with Crippen LogP contribution in [0.15, 0.2) is 115 Å². The molecular weight excluding hydrogens is 773 g/mol. The minimum Gasteiger partial charge on any atom is -0.494 e. The van der Waals surface area contributed by atoms with E-state index in [1.165, 1.54) is 38.5 Å². The van der Waals surface area contributed by atoms with E-state index in [-0.39, 0.29) is 39.7 Å². The maximum atomic E-state index is 13.8. The number of Topliss-reactive ketones (excluding diaryl/α,β-unsaturated/α-hetero) is 1. The number of nitrogens with zero attached hydrogens (tertiary/aromatic N) is 6. The third kappa shape index (κ3) is 7.42. The number of carbonyl (C=O) groups excluding carboxylic acids is 2. The molecule has 0 spiro atoms. The van der Waals surface area contributed by atoms with E-state index in [4.69, 9.17) is 15.2 Å². The number of nitrogens with two attached hydrogens (primary N) is 1. The predicted molar refractivity (Wildman–Crippen MR) is 214 cm³/mol. The number of hydrogen-bond acceptors (Lipinski definition) is 16. The second-order valence-corrected chi connectivity index (χ2v) is 13.9. The Hall–Kier alpha value is -7.84. The lowest BCUT2D eigenvalue weighted by Crippen LogP contribution is -2.27. The number of rotatable bonds is 11. The molecule has 2 aliphatic carbocycles. The number of carboxylic acid groups (broad SMARTS) is 1. The molecule has 0 saturated carbocycles. The molecule has 0 amide bonds. The van der Waals surface area contributed by atoms with Gasteiger partial charge in [0.15, 0.2) is 11.5 Å². The third-order valence-electron chi connectivity index (χ3n) is 8.93. The first-order valence-corrected chi connectivity index (χ1v) is 18.3. The summed E-state index contributed by atoms with van der Waals surface area (Å²) in [5, 5.41) is 36.7. The number of azo groups is 1. The molecule has 292 valence electrons. The molecule has 0 bridgehead atoms. The molecule has 4 aromatic carbocycles. The van der Waals surface area contributed by atoms with E-state index in [9.17, 15) is 32.5 Å². The lowest BCUT2D eigenvalue weighted by atomic mass is 9.92. The number of hydrogen-bond donors (Lipinski definition) is 6. The number of nitrogens with one attached hydrogen (secondary N) is 3. The van der Waals surface area contributed by atoms with Gasteiger partial charge in [-0.15, -0.1) is 10.2 Å².